The van der Waals surface area contributed by atoms with Crippen LogP contribution in [0.15, 0.2) is 53.0 Å². The molecule has 2 atom stereocenters. The quantitative estimate of drug-likeness (QED) is 0.718. The molecule has 0 aromatic heterocycles. The predicted octanol–water partition coefficient (Wildman–Crippen LogP) is 2.90. The number of halogens is 2. The summed E-state index contributed by atoms with van der Waals surface area (Å²) in [4.78, 5) is 27.5. The number of aldehydes is 1. The summed E-state index contributed by atoms with van der Waals surface area (Å²) in [5.74, 6) is -0.132. The van der Waals surface area contributed by atoms with E-state index in [0.717, 1.165) is 16.4 Å². The van der Waals surface area contributed by atoms with Gasteiger partial charge in [0.2, 0.25) is 0 Å². The fourth-order valence-corrected chi connectivity index (χ4v) is 4.17. The first-order chi connectivity index (χ1) is 13.5. The molecule has 2 aliphatic rings. The zero-order valence-electron chi connectivity index (χ0n) is 15.2. The second kappa shape index (κ2) is 8.01. The molecule has 2 aliphatic heterocycles. The lowest BCUT2D eigenvalue weighted by atomic mass is 10.0. The standard InChI is InChI=1S/C21H21BrFN3O2/c22-16-7-6-15(13-27)20(8-16)25-9-17(10-25)24-19-12-26(11-18(19)23)21(28)14-4-2-1-3-5-14/h1-8,13,17-19,24H,9-12H2. The van der Waals surface area contributed by atoms with Gasteiger partial charge in [-0.2, -0.15) is 0 Å². The lowest BCUT2D eigenvalue weighted by Crippen LogP contribution is -2.62. The molecule has 4 rings (SSSR count). The number of amides is 1. The van der Waals surface area contributed by atoms with E-state index in [-0.39, 0.29) is 24.5 Å². The van der Waals surface area contributed by atoms with Crippen LogP contribution in [0.3, 0.4) is 0 Å². The van der Waals surface area contributed by atoms with E-state index >= 15 is 0 Å². The van der Waals surface area contributed by atoms with Crippen molar-refractivity contribution in [2.24, 2.45) is 0 Å². The first-order valence-corrected chi connectivity index (χ1v) is 10.1. The zero-order chi connectivity index (χ0) is 19.7. The monoisotopic (exact) mass is 445 g/mol. The molecule has 0 bridgehead atoms. The Kier molecular flexibility index (Phi) is 5.46. The van der Waals surface area contributed by atoms with Crippen LogP contribution in [0, 0.1) is 0 Å². The predicted molar refractivity (Wildman–Crippen MR) is 110 cm³/mol. The molecule has 2 saturated heterocycles. The SMILES string of the molecule is O=Cc1ccc(Br)cc1N1CC(NC2CN(C(=O)c3ccccc3)CC2F)C1. The molecule has 0 spiro atoms. The van der Waals surface area contributed by atoms with Crippen molar-refractivity contribution in [1.82, 2.24) is 10.2 Å². The summed E-state index contributed by atoms with van der Waals surface area (Å²) in [6.45, 7) is 1.88. The van der Waals surface area contributed by atoms with Crippen LogP contribution >= 0.6 is 15.9 Å². The number of alkyl halides is 1. The minimum atomic E-state index is -1.09. The summed E-state index contributed by atoms with van der Waals surface area (Å²) in [5, 5.41) is 3.34. The van der Waals surface area contributed by atoms with Gasteiger partial charge in [0.15, 0.2) is 6.29 Å². The van der Waals surface area contributed by atoms with Crippen LogP contribution in [-0.2, 0) is 0 Å². The lowest BCUT2D eigenvalue weighted by Gasteiger charge is -2.43. The minimum Gasteiger partial charge on any atom is -0.368 e. The number of carbonyl (C=O) groups is 2. The Hall–Kier alpha value is -2.25. The number of rotatable bonds is 5. The van der Waals surface area contributed by atoms with E-state index < -0.39 is 6.17 Å². The van der Waals surface area contributed by atoms with Crippen molar-refractivity contribution < 1.29 is 14.0 Å². The van der Waals surface area contributed by atoms with E-state index in [9.17, 15) is 14.0 Å². The van der Waals surface area contributed by atoms with Crippen LogP contribution in [0.1, 0.15) is 20.7 Å². The van der Waals surface area contributed by atoms with Crippen LogP contribution in [0.25, 0.3) is 0 Å². The van der Waals surface area contributed by atoms with E-state index in [1.54, 1.807) is 23.1 Å². The summed E-state index contributed by atoms with van der Waals surface area (Å²) >= 11 is 3.44. The smallest absolute Gasteiger partial charge is 0.254 e. The van der Waals surface area contributed by atoms with Gasteiger partial charge in [-0.05, 0) is 30.3 Å². The molecule has 2 heterocycles. The lowest BCUT2D eigenvalue weighted by molar-refractivity contribution is 0.0781. The third kappa shape index (κ3) is 3.82. The molecule has 28 heavy (non-hydrogen) atoms. The molecule has 146 valence electrons. The fourth-order valence-electron chi connectivity index (χ4n) is 3.82. The molecule has 2 unspecified atom stereocenters. The van der Waals surface area contributed by atoms with Crippen LogP contribution in [0.4, 0.5) is 10.1 Å². The van der Waals surface area contributed by atoms with Crippen molar-refractivity contribution in [3.05, 3.63) is 64.1 Å². The van der Waals surface area contributed by atoms with Gasteiger partial charge < -0.3 is 15.1 Å². The number of likely N-dealkylation sites (tertiary alicyclic amines) is 1. The van der Waals surface area contributed by atoms with E-state index in [0.29, 0.717) is 30.8 Å². The van der Waals surface area contributed by atoms with E-state index in [1.165, 1.54) is 0 Å². The molecule has 2 fully saturated rings. The van der Waals surface area contributed by atoms with Gasteiger partial charge in [-0.1, -0.05) is 34.1 Å². The number of anilines is 1. The van der Waals surface area contributed by atoms with Gasteiger partial charge in [0.1, 0.15) is 6.17 Å². The molecule has 2 aromatic carbocycles. The van der Waals surface area contributed by atoms with E-state index in [4.69, 9.17) is 0 Å². The van der Waals surface area contributed by atoms with Gasteiger partial charge in [-0.3, -0.25) is 9.59 Å². The van der Waals surface area contributed by atoms with Gasteiger partial charge in [-0.15, -0.1) is 0 Å². The van der Waals surface area contributed by atoms with Gasteiger partial charge in [-0.25, -0.2) is 4.39 Å². The third-order valence-electron chi connectivity index (χ3n) is 5.35. The third-order valence-corrected chi connectivity index (χ3v) is 5.84. The molecule has 0 saturated carbocycles. The number of carbonyl (C=O) groups excluding carboxylic acids is 2. The number of nitrogens with one attached hydrogen (secondary N) is 1. The maximum Gasteiger partial charge on any atom is 0.254 e. The maximum absolute atomic E-state index is 14.5. The second-order valence-electron chi connectivity index (χ2n) is 7.29. The average Bonchev–Trinajstić information content (AvgIpc) is 3.05. The van der Waals surface area contributed by atoms with Gasteiger partial charge in [0, 0.05) is 47.0 Å². The van der Waals surface area contributed by atoms with Crippen LogP contribution < -0.4 is 10.2 Å². The van der Waals surface area contributed by atoms with Gasteiger partial charge >= 0.3 is 0 Å². The first-order valence-electron chi connectivity index (χ1n) is 9.29. The Morgan fingerprint density at radius 2 is 1.86 bits per heavy atom. The maximum atomic E-state index is 14.5. The average molecular weight is 446 g/mol. The highest BCUT2D eigenvalue weighted by Gasteiger charge is 2.39. The molecule has 0 aliphatic carbocycles. The van der Waals surface area contributed by atoms with Crippen LogP contribution in [0.2, 0.25) is 0 Å². The van der Waals surface area contributed by atoms with Gasteiger partial charge in [0.05, 0.1) is 12.6 Å². The molecule has 1 amide bonds. The Labute approximate surface area is 171 Å². The first kappa shape index (κ1) is 19.1. The molecule has 1 N–H and O–H groups in total. The Bertz CT molecular complexity index is 873. The van der Waals surface area contributed by atoms with E-state index in [1.807, 2.05) is 30.3 Å². The molecule has 2 aromatic rings. The van der Waals surface area contributed by atoms with Gasteiger partial charge in [0.25, 0.3) is 5.91 Å². The molecule has 0 radical (unpaired) electrons. The zero-order valence-corrected chi connectivity index (χ0v) is 16.8. The minimum absolute atomic E-state index is 0.114. The Morgan fingerprint density at radius 3 is 2.57 bits per heavy atom. The molecule has 5 nitrogen and oxygen atoms in total. The van der Waals surface area contributed by atoms with Crippen LogP contribution in [-0.4, -0.2) is 61.5 Å². The van der Waals surface area contributed by atoms with Crippen molar-refractivity contribution in [2.45, 2.75) is 18.3 Å². The van der Waals surface area contributed by atoms with Crippen molar-refractivity contribution in [3.8, 4) is 0 Å². The summed E-state index contributed by atoms with van der Waals surface area (Å²) in [5.41, 5.74) is 2.11. The van der Waals surface area contributed by atoms with Crippen molar-refractivity contribution >= 4 is 33.8 Å². The topological polar surface area (TPSA) is 52.7 Å². The van der Waals surface area contributed by atoms with Crippen LogP contribution in [0.5, 0.6) is 0 Å². The highest BCUT2D eigenvalue weighted by atomic mass is 79.9. The second-order valence-corrected chi connectivity index (χ2v) is 8.20. The summed E-state index contributed by atoms with van der Waals surface area (Å²) in [6.07, 6.45) is -0.234. The summed E-state index contributed by atoms with van der Waals surface area (Å²) < 4.78 is 15.4. The Morgan fingerprint density at radius 1 is 1.11 bits per heavy atom. The summed E-state index contributed by atoms with van der Waals surface area (Å²) in [7, 11) is 0. The normalized spacial score (nSPS) is 22.2. The number of benzene rings is 2. The number of nitrogens with zero attached hydrogens (tertiary/aromatic N) is 2. The fraction of sp³-hybridized carbons (Fsp3) is 0.333. The highest BCUT2D eigenvalue weighted by Crippen LogP contribution is 2.28. The summed E-state index contributed by atoms with van der Waals surface area (Å²) in [6, 6.07) is 14.3. The largest absolute Gasteiger partial charge is 0.368 e. The Balaban J connectivity index is 1.33. The van der Waals surface area contributed by atoms with Crippen molar-refractivity contribution in [1.29, 1.82) is 0 Å². The number of hydrogen-bond donors (Lipinski definition) is 1. The highest BCUT2D eigenvalue weighted by molar-refractivity contribution is 9.10. The molecular formula is C21H21BrFN3O2. The van der Waals surface area contributed by atoms with Crippen molar-refractivity contribution in [2.75, 3.05) is 31.1 Å². The molecular weight excluding hydrogens is 425 g/mol. The van der Waals surface area contributed by atoms with E-state index in [2.05, 4.69) is 26.1 Å². The molecule has 7 heteroatoms. The number of hydrogen-bond acceptors (Lipinski definition) is 4. The van der Waals surface area contributed by atoms with Crippen molar-refractivity contribution in [3.63, 3.8) is 0 Å².